The molecule has 2 aromatic heterocycles. The molecular weight excluding hydrogens is 198 g/mol. The second kappa shape index (κ2) is 3.58. The van der Waals surface area contributed by atoms with Crippen molar-refractivity contribution in [1.29, 1.82) is 0 Å². The van der Waals surface area contributed by atoms with Crippen molar-refractivity contribution in [1.82, 2.24) is 15.0 Å². The number of nitrogens with one attached hydrogen (secondary N) is 1. The lowest BCUT2D eigenvalue weighted by atomic mass is 9.93. The fraction of sp³-hybridized carbons (Fsp3) is 0.538. The van der Waals surface area contributed by atoms with E-state index in [0.29, 0.717) is 5.92 Å². The van der Waals surface area contributed by atoms with Gasteiger partial charge in [0.2, 0.25) is 0 Å². The van der Waals surface area contributed by atoms with E-state index in [2.05, 4.69) is 55.6 Å². The number of aromatic amines is 1. The van der Waals surface area contributed by atoms with Crippen LogP contribution >= 0.6 is 0 Å². The van der Waals surface area contributed by atoms with Crippen molar-refractivity contribution in [3.63, 3.8) is 0 Å². The lowest BCUT2D eigenvalue weighted by molar-refractivity contribution is 0.574. The summed E-state index contributed by atoms with van der Waals surface area (Å²) in [6.07, 6.45) is 1.88. The minimum absolute atomic E-state index is 0.124. The quantitative estimate of drug-likeness (QED) is 0.795. The molecule has 3 nitrogen and oxygen atoms in total. The van der Waals surface area contributed by atoms with Gasteiger partial charge >= 0.3 is 0 Å². The van der Waals surface area contributed by atoms with Crippen molar-refractivity contribution in [2.24, 2.45) is 0 Å². The molecule has 0 fully saturated rings. The molecule has 0 atom stereocenters. The SMILES string of the molecule is CC(C)c1ncc2[nH]c(C(C)(C)C)cc2n1. The second-order valence-corrected chi connectivity index (χ2v) is 5.61. The van der Waals surface area contributed by atoms with E-state index in [1.807, 2.05) is 6.20 Å². The normalized spacial score (nSPS) is 12.6. The smallest absolute Gasteiger partial charge is 0.131 e. The number of hydrogen-bond acceptors (Lipinski definition) is 2. The van der Waals surface area contributed by atoms with Crippen molar-refractivity contribution in [3.05, 3.63) is 23.8 Å². The molecule has 3 heteroatoms. The van der Waals surface area contributed by atoms with E-state index in [0.717, 1.165) is 16.9 Å². The fourth-order valence-electron chi connectivity index (χ4n) is 1.62. The first kappa shape index (κ1) is 11.1. The lowest BCUT2D eigenvalue weighted by Crippen LogP contribution is -2.10. The van der Waals surface area contributed by atoms with Gasteiger partial charge in [0.15, 0.2) is 0 Å². The van der Waals surface area contributed by atoms with E-state index in [4.69, 9.17) is 0 Å². The number of hydrogen-bond donors (Lipinski definition) is 1. The summed E-state index contributed by atoms with van der Waals surface area (Å²) in [6.45, 7) is 10.8. The van der Waals surface area contributed by atoms with Crippen LogP contribution in [0.25, 0.3) is 11.0 Å². The zero-order chi connectivity index (χ0) is 11.9. The topological polar surface area (TPSA) is 41.6 Å². The van der Waals surface area contributed by atoms with Crippen LogP contribution in [-0.4, -0.2) is 15.0 Å². The Balaban J connectivity index is 2.54. The molecule has 0 aliphatic carbocycles. The third-order valence-corrected chi connectivity index (χ3v) is 2.71. The molecule has 0 spiro atoms. The van der Waals surface area contributed by atoms with Crippen LogP contribution in [0.1, 0.15) is 52.1 Å². The number of rotatable bonds is 1. The van der Waals surface area contributed by atoms with Gasteiger partial charge in [0.05, 0.1) is 17.2 Å². The molecule has 0 aliphatic heterocycles. The van der Waals surface area contributed by atoms with Crippen molar-refractivity contribution in [2.45, 2.75) is 46.0 Å². The molecule has 0 amide bonds. The molecule has 2 rings (SSSR count). The Kier molecular flexibility index (Phi) is 2.49. The first-order valence-electron chi connectivity index (χ1n) is 5.74. The monoisotopic (exact) mass is 217 g/mol. The van der Waals surface area contributed by atoms with Gasteiger partial charge in [-0.1, -0.05) is 34.6 Å². The van der Waals surface area contributed by atoms with Crippen molar-refractivity contribution in [2.75, 3.05) is 0 Å². The summed E-state index contributed by atoms with van der Waals surface area (Å²) in [5.74, 6) is 1.28. The zero-order valence-electron chi connectivity index (χ0n) is 10.6. The van der Waals surface area contributed by atoms with Gasteiger partial charge in [-0.3, -0.25) is 0 Å². The van der Waals surface area contributed by atoms with Gasteiger partial charge in [0.25, 0.3) is 0 Å². The van der Waals surface area contributed by atoms with Gasteiger partial charge in [0.1, 0.15) is 5.82 Å². The highest BCUT2D eigenvalue weighted by Crippen LogP contribution is 2.25. The molecule has 86 valence electrons. The largest absolute Gasteiger partial charge is 0.355 e. The maximum Gasteiger partial charge on any atom is 0.131 e. The molecule has 16 heavy (non-hydrogen) atoms. The zero-order valence-corrected chi connectivity index (χ0v) is 10.6. The number of aromatic nitrogens is 3. The van der Waals surface area contributed by atoms with Crippen LogP contribution in [0.2, 0.25) is 0 Å². The summed E-state index contributed by atoms with van der Waals surface area (Å²) in [4.78, 5) is 12.3. The molecule has 0 radical (unpaired) electrons. The Morgan fingerprint density at radius 1 is 1.25 bits per heavy atom. The van der Waals surface area contributed by atoms with Gasteiger partial charge in [-0.15, -0.1) is 0 Å². The molecule has 0 saturated heterocycles. The van der Waals surface area contributed by atoms with Gasteiger partial charge in [-0.2, -0.15) is 0 Å². The van der Waals surface area contributed by atoms with Crippen molar-refractivity contribution < 1.29 is 0 Å². The predicted octanol–water partition coefficient (Wildman–Crippen LogP) is 3.38. The number of H-pyrrole nitrogens is 1. The van der Waals surface area contributed by atoms with Crippen LogP contribution in [0.3, 0.4) is 0 Å². The van der Waals surface area contributed by atoms with Crippen LogP contribution in [0.4, 0.5) is 0 Å². The van der Waals surface area contributed by atoms with E-state index in [1.165, 1.54) is 5.69 Å². The average molecular weight is 217 g/mol. The van der Waals surface area contributed by atoms with Crippen LogP contribution in [0.15, 0.2) is 12.3 Å². The summed E-state index contributed by atoms with van der Waals surface area (Å²) in [5.41, 5.74) is 3.37. The summed E-state index contributed by atoms with van der Waals surface area (Å²) < 4.78 is 0. The maximum atomic E-state index is 4.57. The highest BCUT2D eigenvalue weighted by molar-refractivity contribution is 5.75. The summed E-state index contributed by atoms with van der Waals surface area (Å²) in [6, 6.07) is 2.13. The van der Waals surface area contributed by atoms with Crippen LogP contribution in [0, 0.1) is 0 Å². The minimum Gasteiger partial charge on any atom is -0.355 e. The molecule has 0 bridgehead atoms. The second-order valence-electron chi connectivity index (χ2n) is 5.61. The van der Waals surface area contributed by atoms with E-state index < -0.39 is 0 Å². The molecule has 2 aromatic rings. The molecule has 0 aromatic carbocycles. The molecular formula is C13H19N3. The van der Waals surface area contributed by atoms with Gasteiger partial charge < -0.3 is 4.98 Å². The Labute approximate surface area is 96.3 Å². The molecule has 1 N–H and O–H groups in total. The highest BCUT2D eigenvalue weighted by atomic mass is 14.9. The van der Waals surface area contributed by atoms with Crippen LogP contribution in [0.5, 0.6) is 0 Å². The van der Waals surface area contributed by atoms with E-state index in [9.17, 15) is 0 Å². The predicted molar refractivity (Wildman–Crippen MR) is 66.7 cm³/mol. The highest BCUT2D eigenvalue weighted by Gasteiger charge is 2.17. The lowest BCUT2D eigenvalue weighted by Gasteiger charge is -2.15. The summed E-state index contributed by atoms with van der Waals surface area (Å²) in [7, 11) is 0. The Morgan fingerprint density at radius 2 is 1.94 bits per heavy atom. The molecule has 0 aliphatic rings. The average Bonchev–Trinajstić information content (AvgIpc) is 2.58. The first-order chi connectivity index (χ1) is 7.38. The van der Waals surface area contributed by atoms with Gasteiger partial charge in [-0.05, 0) is 6.07 Å². The molecule has 0 saturated carbocycles. The minimum atomic E-state index is 0.124. The van der Waals surface area contributed by atoms with Crippen LogP contribution in [-0.2, 0) is 5.41 Å². The number of fused-ring (bicyclic) bond motifs is 1. The Morgan fingerprint density at radius 3 is 2.50 bits per heavy atom. The van der Waals surface area contributed by atoms with E-state index >= 15 is 0 Å². The molecule has 0 unspecified atom stereocenters. The summed E-state index contributed by atoms with van der Waals surface area (Å²) in [5, 5.41) is 0. The summed E-state index contributed by atoms with van der Waals surface area (Å²) >= 11 is 0. The van der Waals surface area contributed by atoms with Crippen molar-refractivity contribution in [3.8, 4) is 0 Å². The Hall–Kier alpha value is -1.38. The third kappa shape index (κ3) is 1.94. The van der Waals surface area contributed by atoms with Gasteiger partial charge in [-0.25, -0.2) is 9.97 Å². The van der Waals surface area contributed by atoms with Gasteiger partial charge in [0, 0.05) is 17.0 Å². The van der Waals surface area contributed by atoms with E-state index in [1.54, 1.807) is 0 Å². The standard InChI is InChI=1S/C13H19N3/c1-8(2)12-14-7-10-9(16-12)6-11(15-10)13(3,4)5/h6-8,15H,1-5H3. The Bertz CT molecular complexity index is 503. The van der Waals surface area contributed by atoms with Crippen LogP contribution < -0.4 is 0 Å². The first-order valence-corrected chi connectivity index (χ1v) is 5.74. The number of nitrogens with zero attached hydrogens (tertiary/aromatic N) is 2. The molecule has 2 heterocycles. The van der Waals surface area contributed by atoms with E-state index in [-0.39, 0.29) is 5.41 Å². The van der Waals surface area contributed by atoms with Crippen molar-refractivity contribution >= 4 is 11.0 Å². The fourth-order valence-corrected chi connectivity index (χ4v) is 1.62. The third-order valence-electron chi connectivity index (χ3n) is 2.71. The maximum absolute atomic E-state index is 4.57.